The topological polar surface area (TPSA) is 54.4 Å². The molecule has 0 saturated carbocycles. The number of aliphatic hydroxyl groups is 1. The third-order valence-corrected chi connectivity index (χ3v) is 4.73. The molecule has 0 saturated heterocycles. The molecule has 90 valence electrons. The highest BCUT2D eigenvalue weighted by molar-refractivity contribution is 8.00. The first-order valence-corrected chi connectivity index (χ1v) is 8.05. The lowest BCUT2D eigenvalue weighted by molar-refractivity contribution is 0.279. The molecule has 0 aliphatic heterocycles. The molecular weight excluding hydrogens is 268 g/mol. The van der Waals surface area contributed by atoms with Crippen LogP contribution in [0.4, 0.5) is 0 Å². The summed E-state index contributed by atoms with van der Waals surface area (Å²) in [6, 6.07) is 5.26. The fourth-order valence-corrected chi connectivity index (χ4v) is 3.76. The minimum Gasteiger partial charge on any atom is -0.392 e. The van der Waals surface area contributed by atoms with Gasteiger partial charge in [0.25, 0.3) is 0 Å². The van der Waals surface area contributed by atoms with Crippen molar-refractivity contribution in [3.05, 3.63) is 28.8 Å². The lowest BCUT2D eigenvalue weighted by Gasteiger charge is -2.08. The second-order valence-corrected chi connectivity index (χ2v) is 7.14. The number of sulfone groups is 1. The summed E-state index contributed by atoms with van der Waals surface area (Å²) in [5, 5.41) is 9.66. The minimum absolute atomic E-state index is 0.0955. The van der Waals surface area contributed by atoms with Crippen LogP contribution in [0.5, 0.6) is 0 Å². The standard InChI is InChI=1S/C10H13ClO3S2/c1-16(13,14)6-5-15-10-8(7-12)3-2-4-9(10)11/h2-4,12H,5-7H2,1H3. The van der Waals surface area contributed by atoms with Crippen LogP contribution in [0.1, 0.15) is 5.56 Å². The van der Waals surface area contributed by atoms with E-state index in [9.17, 15) is 8.42 Å². The van der Waals surface area contributed by atoms with E-state index in [1.807, 2.05) is 0 Å². The van der Waals surface area contributed by atoms with Gasteiger partial charge in [0.15, 0.2) is 0 Å². The first kappa shape index (κ1) is 13.8. The van der Waals surface area contributed by atoms with Crippen LogP contribution >= 0.6 is 23.4 Å². The van der Waals surface area contributed by atoms with Gasteiger partial charge in [0, 0.05) is 16.9 Å². The highest BCUT2D eigenvalue weighted by Crippen LogP contribution is 2.30. The number of hydrogen-bond donors (Lipinski definition) is 1. The lowest BCUT2D eigenvalue weighted by atomic mass is 10.2. The first-order chi connectivity index (χ1) is 7.44. The summed E-state index contributed by atoms with van der Waals surface area (Å²) in [6.45, 7) is -0.0955. The van der Waals surface area contributed by atoms with Crippen molar-refractivity contribution in [1.29, 1.82) is 0 Å². The molecule has 0 fully saturated rings. The predicted molar refractivity (Wildman–Crippen MR) is 67.8 cm³/mol. The Morgan fingerprint density at radius 3 is 2.69 bits per heavy atom. The Morgan fingerprint density at radius 1 is 1.44 bits per heavy atom. The summed E-state index contributed by atoms with van der Waals surface area (Å²) in [7, 11) is -2.95. The van der Waals surface area contributed by atoms with E-state index in [4.69, 9.17) is 16.7 Å². The number of rotatable bonds is 5. The lowest BCUT2D eigenvalue weighted by Crippen LogP contribution is -2.05. The van der Waals surface area contributed by atoms with Crippen molar-refractivity contribution in [2.24, 2.45) is 0 Å². The van der Waals surface area contributed by atoms with E-state index in [-0.39, 0.29) is 12.4 Å². The van der Waals surface area contributed by atoms with E-state index in [0.717, 1.165) is 10.5 Å². The first-order valence-electron chi connectivity index (χ1n) is 4.63. The number of thioether (sulfide) groups is 1. The van der Waals surface area contributed by atoms with Gasteiger partial charge in [-0.05, 0) is 11.6 Å². The van der Waals surface area contributed by atoms with Crippen molar-refractivity contribution in [3.63, 3.8) is 0 Å². The van der Waals surface area contributed by atoms with E-state index in [1.165, 1.54) is 18.0 Å². The van der Waals surface area contributed by atoms with Crippen molar-refractivity contribution in [3.8, 4) is 0 Å². The SMILES string of the molecule is CS(=O)(=O)CCSc1c(Cl)cccc1CO. The molecule has 0 atom stereocenters. The van der Waals surface area contributed by atoms with Gasteiger partial charge in [-0.1, -0.05) is 23.7 Å². The monoisotopic (exact) mass is 280 g/mol. The maximum Gasteiger partial charge on any atom is 0.148 e. The number of hydrogen-bond acceptors (Lipinski definition) is 4. The fraction of sp³-hybridized carbons (Fsp3) is 0.400. The Morgan fingerprint density at radius 2 is 2.12 bits per heavy atom. The molecule has 0 unspecified atom stereocenters. The molecule has 6 heteroatoms. The van der Waals surface area contributed by atoms with Gasteiger partial charge in [-0.15, -0.1) is 11.8 Å². The zero-order valence-corrected chi connectivity index (χ0v) is 11.2. The van der Waals surface area contributed by atoms with Crippen LogP contribution in [0, 0.1) is 0 Å². The Kier molecular flexibility index (Phi) is 5.11. The van der Waals surface area contributed by atoms with Crippen molar-refractivity contribution in [2.45, 2.75) is 11.5 Å². The molecule has 16 heavy (non-hydrogen) atoms. The molecule has 0 amide bonds. The highest BCUT2D eigenvalue weighted by Gasteiger charge is 2.08. The average molecular weight is 281 g/mol. The average Bonchev–Trinajstić information content (AvgIpc) is 2.18. The van der Waals surface area contributed by atoms with E-state index in [0.29, 0.717) is 10.8 Å². The Bertz CT molecular complexity index is 457. The molecule has 0 aliphatic rings. The number of halogens is 1. The van der Waals surface area contributed by atoms with Crippen molar-refractivity contribution >= 4 is 33.2 Å². The molecule has 1 aromatic carbocycles. The van der Waals surface area contributed by atoms with Gasteiger partial charge >= 0.3 is 0 Å². The number of benzene rings is 1. The van der Waals surface area contributed by atoms with E-state index >= 15 is 0 Å². The molecule has 0 heterocycles. The predicted octanol–water partition coefficient (Wildman–Crippen LogP) is 1.97. The summed E-state index contributed by atoms with van der Waals surface area (Å²) >= 11 is 7.33. The van der Waals surface area contributed by atoms with Crippen LogP contribution in [0.25, 0.3) is 0 Å². The fourth-order valence-electron chi connectivity index (χ4n) is 1.13. The molecule has 0 aliphatic carbocycles. The van der Waals surface area contributed by atoms with E-state index < -0.39 is 9.84 Å². The minimum atomic E-state index is -2.95. The van der Waals surface area contributed by atoms with Gasteiger partial charge < -0.3 is 5.11 Å². The second kappa shape index (κ2) is 5.91. The Balaban J connectivity index is 2.73. The van der Waals surface area contributed by atoms with Gasteiger partial charge in [0.2, 0.25) is 0 Å². The second-order valence-electron chi connectivity index (χ2n) is 3.36. The van der Waals surface area contributed by atoms with Crippen LogP contribution in [-0.2, 0) is 16.4 Å². The molecule has 0 bridgehead atoms. The number of aliphatic hydroxyl groups excluding tert-OH is 1. The van der Waals surface area contributed by atoms with Crippen molar-refractivity contribution < 1.29 is 13.5 Å². The van der Waals surface area contributed by atoms with Gasteiger partial charge in [-0.25, -0.2) is 8.42 Å². The van der Waals surface area contributed by atoms with E-state index in [2.05, 4.69) is 0 Å². The summed E-state index contributed by atoms with van der Waals surface area (Å²) in [5.41, 5.74) is 0.728. The van der Waals surface area contributed by atoms with Crippen molar-refractivity contribution in [2.75, 3.05) is 17.8 Å². The Labute approximate surface area is 105 Å². The van der Waals surface area contributed by atoms with Crippen molar-refractivity contribution in [1.82, 2.24) is 0 Å². The summed E-state index contributed by atoms with van der Waals surface area (Å²) in [6.07, 6.45) is 1.20. The smallest absolute Gasteiger partial charge is 0.148 e. The van der Waals surface area contributed by atoms with Crippen LogP contribution in [0.2, 0.25) is 5.02 Å². The van der Waals surface area contributed by atoms with Gasteiger partial charge in [0.05, 0.1) is 17.4 Å². The Hall–Kier alpha value is -0.230. The third-order valence-electron chi connectivity index (χ3n) is 1.92. The molecule has 0 radical (unpaired) electrons. The molecule has 0 aromatic heterocycles. The normalized spacial score (nSPS) is 11.7. The zero-order chi connectivity index (χ0) is 12.2. The molecule has 3 nitrogen and oxygen atoms in total. The molecule has 1 rings (SSSR count). The van der Waals surface area contributed by atoms with Crippen LogP contribution in [0.3, 0.4) is 0 Å². The van der Waals surface area contributed by atoms with Gasteiger partial charge in [0.1, 0.15) is 9.84 Å². The van der Waals surface area contributed by atoms with Crippen LogP contribution in [0.15, 0.2) is 23.1 Å². The molecular formula is C10H13ClO3S2. The molecule has 1 N–H and O–H groups in total. The summed E-state index contributed by atoms with van der Waals surface area (Å²) in [4.78, 5) is 0.760. The van der Waals surface area contributed by atoms with Gasteiger partial charge in [-0.2, -0.15) is 0 Å². The molecule has 0 spiro atoms. The summed E-state index contributed by atoms with van der Waals surface area (Å²) < 4.78 is 21.9. The zero-order valence-electron chi connectivity index (χ0n) is 8.81. The van der Waals surface area contributed by atoms with Gasteiger partial charge in [-0.3, -0.25) is 0 Å². The third kappa shape index (κ3) is 4.33. The van der Waals surface area contributed by atoms with Crippen LogP contribution in [-0.4, -0.2) is 31.3 Å². The van der Waals surface area contributed by atoms with Crippen LogP contribution < -0.4 is 0 Å². The molecule has 1 aromatic rings. The summed E-state index contributed by atoms with van der Waals surface area (Å²) in [5.74, 6) is 0.545. The highest BCUT2D eigenvalue weighted by atomic mass is 35.5. The quantitative estimate of drug-likeness (QED) is 0.838. The van der Waals surface area contributed by atoms with E-state index in [1.54, 1.807) is 18.2 Å². The maximum absolute atomic E-state index is 11.0. The maximum atomic E-state index is 11.0. The largest absolute Gasteiger partial charge is 0.392 e.